The first-order valence-electron chi connectivity index (χ1n) is 7.62. The van der Waals surface area contributed by atoms with E-state index in [-0.39, 0.29) is 11.3 Å². The van der Waals surface area contributed by atoms with E-state index in [1.165, 1.54) is 12.1 Å². The van der Waals surface area contributed by atoms with E-state index in [4.69, 9.17) is 9.63 Å². The van der Waals surface area contributed by atoms with Crippen LogP contribution in [0.4, 0.5) is 5.69 Å². The number of hydrogen-bond acceptors (Lipinski definition) is 5. The molecule has 0 spiro atoms. The average molecular weight is 343 g/mol. The van der Waals surface area contributed by atoms with Crippen LogP contribution in [0.2, 0.25) is 0 Å². The van der Waals surface area contributed by atoms with Crippen LogP contribution in [0.1, 0.15) is 49.9 Å². The molecule has 0 saturated carbocycles. The molecule has 0 aliphatic heterocycles. The van der Waals surface area contributed by atoms with E-state index in [1.807, 2.05) is 13.8 Å². The van der Waals surface area contributed by atoms with Crippen LogP contribution in [0.3, 0.4) is 0 Å². The molecular formula is C15H22NO6P. The van der Waals surface area contributed by atoms with Crippen molar-refractivity contribution in [3.05, 3.63) is 33.9 Å². The van der Waals surface area contributed by atoms with E-state index in [9.17, 15) is 19.5 Å². The smallest absolute Gasteiger partial charge is 0.335 e. The molecule has 0 unspecified atom stereocenters. The highest BCUT2D eigenvalue weighted by Gasteiger charge is 2.28. The number of hydrogen-bond donors (Lipinski definition) is 1. The van der Waals surface area contributed by atoms with Crippen molar-refractivity contribution in [2.45, 2.75) is 39.5 Å². The van der Waals surface area contributed by atoms with Crippen molar-refractivity contribution < 1.29 is 23.9 Å². The molecule has 1 aromatic rings. The van der Waals surface area contributed by atoms with Crippen molar-refractivity contribution in [3.8, 4) is 5.75 Å². The van der Waals surface area contributed by atoms with Gasteiger partial charge in [-0.1, -0.05) is 26.7 Å². The molecule has 0 heterocycles. The number of carbonyl (C=O) groups is 1. The molecule has 8 heteroatoms. The highest BCUT2D eigenvalue weighted by Crippen LogP contribution is 2.50. The van der Waals surface area contributed by atoms with E-state index in [0.29, 0.717) is 25.2 Å². The molecule has 0 radical (unpaired) electrons. The minimum atomic E-state index is -3.03. The maximum Gasteiger partial charge on any atom is 0.335 e. The summed E-state index contributed by atoms with van der Waals surface area (Å²) in [6.07, 6.45) is 3.84. The summed E-state index contributed by atoms with van der Waals surface area (Å²) in [5, 5.41) is 20.1. The Kier molecular flexibility index (Phi) is 7.23. The molecule has 128 valence electrons. The third kappa shape index (κ3) is 5.67. The maximum atomic E-state index is 12.9. The van der Waals surface area contributed by atoms with Gasteiger partial charge in [0.25, 0.3) is 0 Å². The Bertz CT molecular complexity index is 604. The number of carboxylic acid groups (broad SMARTS) is 1. The number of carboxylic acids is 1. The van der Waals surface area contributed by atoms with Crippen molar-refractivity contribution in [2.75, 3.05) is 12.3 Å². The van der Waals surface area contributed by atoms with Gasteiger partial charge < -0.3 is 9.63 Å². The number of nitro benzene ring substituents is 1. The van der Waals surface area contributed by atoms with Crippen molar-refractivity contribution in [2.24, 2.45) is 0 Å². The van der Waals surface area contributed by atoms with E-state index in [0.717, 1.165) is 18.9 Å². The molecule has 0 amide bonds. The number of benzene rings is 1. The molecule has 0 aromatic heterocycles. The first-order valence-corrected chi connectivity index (χ1v) is 9.62. The zero-order valence-electron chi connectivity index (χ0n) is 13.4. The molecule has 1 N–H and O–H groups in total. The van der Waals surface area contributed by atoms with Crippen LogP contribution < -0.4 is 4.52 Å². The molecule has 7 nitrogen and oxygen atoms in total. The molecular weight excluding hydrogens is 321 g/mol. The Morgan fingerprint density at radius 2 is 1.83 bits per heavy atom. The zero-order chi connectivity index (χ0) is 17.5. The Labute approximate surface area is 135 Å². The highest BCUT2D eigenvalue weighted by atomic mass is 31.2. The third-order valence-electron chi connectivity index (χ3n) is 3.37. The van der Waals surface area contributed by atoms with Crippen LogP contribution in [0, 0.1) is 10.1 Å². The Morgan fingerprint density at radius 1 is 1.26 bits per heavy atom. The van der Waals surface area contributed by atoms with Gasteiger partial charge in [-0.25, -0.2) is 4.79 Å². The van der Waals surface area contributed by atoms with E-state index < -0.39 is 23.9 Å². The van der Waals surface area contributed by atoms with E-state index >= 15 is 0 Å². The molecule has 0 aliphatic carbocycles. The van der Waals surface area contributed by atoms with Gasteiger partial charge in [-0.05, 0) is 25.0 Å². The fourth-order valence-electron chi connectivity index (χ4n) is 2.05. The second-order valence-electron chi connectivity index (χ2n) is 5.30. The first kappa shape index (κ1) is 19.2. The molecule has 0 bridgehead atoms. The predicted molar refractivity (Wildman–Crippen MR) is 87.8 cm³/mol. The quantitative estimate of drug-likeness (QED) is 0.379. The molecule has 0 atom stereocenters. The normalized spacial score (nSPS) is 11.2. The largest absolute Gasteiger partial charge is 0.478 e. The second kappa shape index (κ2) is 8.67. The fraction of sp³-hybridized carbons (Fsp3) is 0.533. The summed E-state index contributed by atoms with van der Waals surface area (Å²) in [5.74, 6) is -1.39. The van der Waals surface area contributed by atoms with Gasteiger partial charge >= 0.3 is 11.7 Å². The Morgan fingerprint density at radius 3 is 2.26 bits per heavy atom. The lowest BCUT2D eigenvalue weighted by molar-refractivity contribution is -0.385. The monoisotopic (exact) mass is 343 g/mol. The van der Waals surface area contributed by atoms with Gasteiger partial charge in [0.05, 0.1) is 10.5 Å². The van der Waals surface area contributed by atoms with Crippen LogP contribution >= 0.6 is 7.37 Å². The number of rotatable bonds is 10. The number of nitro groups is 1. The molecule has 23 heavy (non-hydrogen) atoms. The predicted octanol–water partition coefficient (Wildman–Crippen LogP) is 4.55. The van der Waals surface area contributed by atoms with E-state index in [2.05, 4.69) is 0 Å². The molecule has 1 aromatic carbocycles. The lowest BCUT2D eigenvalue weighted by atomic mass is 10.2. The van der Waals surface area contributed by atoms with Crippen LogP contribution in [0.5, 0.6) is 5.75 Å². The van der Waals surface area contributed by atoms with Crippen molar-refractivity contribution in [1.29, 1.82) is 0 Å². The minimum Gasteiger partial charge on any atom is -0.478 e. The fourth-order valence-corrected chi connectivity index (χ4v) is 4.57. The van der Waals surface area contributed by atoms with Gasteiger partial charge in [0.1, 0.15) is 0 Å². The molecule has 0 fully saturated rings. The summed E-state index contributed by atoms with van der Waals surface area (Å²) in [7, 11) is -3.03. The van der Waals surface area contributed by atoms with Crippen LogP contribution in [-0.2, 0) is 4.57 Å². The topological polar surface area (TPSA) is 107 Å². The van der Waals surface area contributed by atoms with Gasteiger partial charge in [0.2, 0.25) is 13.1 Å². The van der Waals surface area contributed by atoms with Gasteiger partial charge in [-0.3, -0.25) is 14.7 Å². The van der Waals surface area contributed by atoms with Crippen LogP contribution in [0.25, 0.3) is 0 Å². The van der Waals surface area contributed by atoms with Crippen LogP contribution in [0.15, 0.2) is 18.2 Å². The highest BCUT2D eigenvalue weighted by molar-refractivity contribution is 7.59. The zero-order valence-corrected chi connectivity index (χ0v) is 14.3. The van der Waals surface area contributed by atoms with Crippen molar-refractivity contribution >= 4 is 19.0 Å². The summed E-state index contributed by atoms with van der Waals surface area (Å²) in [4.78, 5) is 21.4. The van der Waals surface area contributed by atoms with Gasteiger partial charge in [-0.2, -0.15) is 0 Å². The van der Waals surface area contributed by atoms with Crippen molar-refractivity contribution in [1.82, 2.24) is 0 Å². The summed E-state index contributed by atoms with van der Waals surface area (Å²) in [6.45, 7) is 3.93. The number of aromatic carboxylic acids is 1. The number of unbranched alkanes of at least 4 members (excludes halogenated alkanes) is 2. The first-order chi connectivity index (χ1) is 10.8. The van der Waals surface area contributed by atoms with Gasteiger partial charge in [0.15, 0.2) is 0 Å². The van der Waals surface area contributed by atoms with Gasteiger partial charge in [-0.15, -0.1) is 0 Å². The summed E-state index contributed by atoms with van der Waals surface area (Å²) in [6, 6.07) is 3.36. The Balaban J connectivity index is 3.13. The summed E-state index contributed by atoms with van der Waals surface area (Å²) in [5.41, 5.74) is -0.681. The Hall–Kier alpha value is -1.88. The standard InChI is InChI=1S/C15H22NO6P/c1-3-5-9-23(21,10-6-4-2)22-14-8-7-12(15(17)18)11-13(14)16(19)20/h7-8,11H,3-6,9-10H2,1-2H3,(H,17,18). The summed E-state index contributed by atoms with van der Waals surface area (Å²) >= 11 is 0. The second-order valence-corrected chi connectivity index (χ2v) is 8.01. The SMILES string of the molecule is CCCCP(=O)(CCCC)Oc1ccc(C(=O)O)cc1[N+](=O)[O-]. The minimum absolute atomic E-state index is 0.129. The lowest BCUT2D eigenvalue weighted by Gasteiger charge is -2.19. The van der Waals surface area contributed by atoms with Crippen LogP contribution in [-0.4, -0.2) is 28.3 Å². The molecule has 0 aliphatic rings. The summed E-state index contributed by atoms with van der Waals surface area (Å²) < 4.78 is 18.5. The molecule has 0 saturated heterocycles. The maximum absolute atomic E-state index is 12.9. The van der Waals surface area contributed by atoms with Gasteiger partial charge in [0, 0.05) is 18.4 Å². The molecule has 1 rings (SSSR count). The van der Waals surface area contributed by atoms with E-state index in [1.54, 1.807) is 0 Å². The third-order valence-corrected chi connectivity index (χ3v) is 5.90. The lowest BCUT2D eigenvalue weighted by Crippen LogP contribution is -2.06. The van der Waals surface area contributed by atoms with Crippen molar-refractivity contribution in [3.63, 3.8) is 0 Å². The number of nitrogens with zero attached hydrogens (tertiary/aromatic N) is 1. The average Bonchev–Trinajstić information content (AvgIpc) is 2.51.